The van der Waals surface area contributed by atoms with Crippen LogP contribution in [0.4, 0.5) is 4.39 Å². The SMILES string of the molecule is CCCC(N)c1nc2cc(F)ccc2s1. The van der Waals surface area contributed by atoms with Gasteiger partial charge in [-0.15, -0.1) is 11.3 Å². The maximum atomic E-state index is 12.9. The minimum absolute atomic E-state index is 0.0181. The van der Waals surface area contributed by atoms with E-state index in [0.29, 0.717) is 5.52 Å². The van der Waals surface area contributed by atoms with E-state index in [2.05, 4.69) is 11.9 Å². The Kier molecular flexibility index (Phi) is 2.98. The van der Waals surface area contributed by atoms with Gasteiger partial charge in [0.05, 0.1) is 16.3 Å². The van der Waals surface area contributed by atoms with Crippen molar-refractivity contribution in [1.29, 1.82) is 0 Å². The van der Waals surface area contributed by atoms with Gasteiger partial charge in [-0.25, -0.2) is 9.37 Å². The summed E-state index contributed by atoms with van der Waals surface area (Å²) in [7, 11) is 0. The molecule has 80 valence electrons. The molecule has 0 saturated carbocycles. The number of halogens is 1. The van der Waals surface area contributed by atoms with Gasteiger partial charge in [-0.3, -0.25) is 0 Å². The summed E-state index contributed by atoms with van der Waals surface area (Å²) in [4.78, 5) is 4.35. The van der Waals surface area contributed by atoms with E-state index in [9.17, 15) is 4.39 Å². The van der Waals surface area contributed by atoms with Crippen LogP contribution < -0.4 is 5.73 Å². The fourth-order valence-corrected chi connectivity index (χ4v) is 2.50. The first-order chi connectivity index (χ1) is 7.20. The van der Waals surface area contributed by atoms with Crippen molar-refractivity contribution < 1.29 is 4.39 Å². The lowest BCUT2D eigenvalue weighted by molar-refractivity contribution is 0.628. The van der Waals surface area contributed by atoms with Gasteiger partial charge in [0, 0.05) is 6.07 Å². The van der Waals surface area contributed by atoms with Crippen molar-refractivity contribution in [3.05, 3.63) is 29.0 Å². The molecule has 1 aromatic heterocycles. The van der Waals surface area contributed by atoms with E-state index in [-0.39, 0.29) is 11.9 Å². The van der Waals surface area contributed by atoms with Crippen LogP contribution in [0.15, 0.2) is 18.2 Å². The number of nitrogens with two attached hydrogens (primary N) is 1. The summed E-state index contributed by atoms with van der Waals surface area (Å²) in [6.07, 6.45) is 1.95. The van der Waals surface area contributed by atoms with Crippen LogP contribution in [0.3, 0.4) is 0 Å². The average molecular weight is 224 g/mol. The van der Waals surface area contributed by atoms with Gasteiger partial charge in [0.15, 0.2) is 0 Å². The third kappa shape index (κ3) is 2.16. The van der Waals surface area contributed by atoms with E-state index in [1.807, 2.05) is 0 Å². The molecule has 4 heteroatoms. The van der Waals surface area contributed by atoms with Crippen molar-refractivity contribution in [2.24, 2.45) is 5.73 Å². The molecular weight excluding hydrogens is 211 g/mol. The summed E-state index contributed by atoms with van der Waals surface area (Å²) in [5.74, 6) is -0.247. The largest absolute Gasteiger partial charge is 0.322 e. The molecule has 0 spiro atoms. The van der Waals surface area contributed by atoms with Crippen LogP contribution in [0, 0.1) is 5.82 Å². The number of aromatic nitrogens is 1. The molecule has 0 fully saturated rings. The van der Waals surface area contributed by atoms with Gasteiger partial charge in [-0.05, 0) is 18.6 Å². The number of benzene rings is 1. The quantitative estimate of drug-likeness (QED) is 0.869. The summed E-state index contributed by atoms with van der Waals surface area (Å²) < 4.78 is 13.9. The minimum Gasteiger partial charge on any atom is -0.322 e. The fourth-order valence-electron chi connectivity index (χ4n) is 1.51. The number of rotatable bonds is 3. The van der Waals surface area contributed by atoms with Crippen molar-refractivity contribution >= 4 is 21.6 Å². The topological polar surface area (TPSA) is 38.9 Å². The van der Waals surface area contributed by atoms with E-state index in [4.69, 9.17) is 5.73 Å². The molecule has 1 aromatic carbocycles. The number of thiazole rings is 1. The van der Waals surface area contributed by atoms with Crippen molar-refractivity contribution in [3.63, 3.8) is 0 Å². The molecular formula is C11H13FN2S. The Labute approximate surface area is 91.9 Å². The van der Waals surface area contributed by atoms with E-state index in [1.165, 1.54) is 12.1 Å². The molecule has 1 unspecified atom stereocenters. The molecule has 0 aliphatic carbocycles. The molecule has 0 amide bonds. The molecule has 1 heterocycles. The number of fused-ring (bicyclic) bond motifs is 1. The van der Waals surface area contributed by atoms with E-state index < -0.39 is 0 Å². The first-order valence-electron chi connectivity index (χ1n) is 5.02. The molecule has 0 saturated heterocycles. The Balaban J connectivity index is 2.38. The molecule has 0 aliphatic heterocycles. The Morgan fingerprint density at radius 2 is 2.33 bits per heavy atom. The van der Waals surface area contributed by atoms with Gasteiger partial charge < -0.3 is 5.73 Å². The van der Waals surface area contributed by atoms with Crippen LogP contribution >= 0.6 is 11.3 Å². The Bertz CT molecular complexity index is 467. The van der Waals surface area contributed by atoms with E-state index in [0.717, 1.165) is 22.5 Å². The van der Waals surface area contributed by atoms with Crippen LogP contribution in [0.5, 0.6) is 0 Å². The van der Waals surface area contributed by atoms with Gasteiger partial charge in [0.2, 0.25) is 0 Å². The fraction of sp³-hybridized carbons (Fsp3) is 0.364. The summed E-state index contributed by atoms with van der Waals surface area (Å²) in [5.41, 5.74) is 6.67. The zero-order valence-corrected chi connectivity index (χ0v) is 9.35. The zero-order chi connectivity index (χ0) is 10.8. The van der Waals surface area contributed by atoms with Crippen LogP contribution in [0.2, 0.25) is 0 Å². The molecule has 2 aromatic rings. The zero-order valence-electron chi connectivity index (χ0n) is 8.53. The van der Waals surface area contributed by atoms with Gasteiger partial charge in [-0.1, -0.05) is 13.3 Å². The van der Waals surface area contributed by atoms with Crippen LogP contribution in [-0.2, 0) is 0 Å². The minimum atomic E-state index is -0.247. The highest BCUT2D eigenvalue weighted by molar-refractivity contribution is 7.18. The van der Waals surface area contributed by atoms with Crippen LogP contribution in [0.1, 0.15) is 30.8 Å². The average Bonchev–Trinajstić information content (AvgIpc) is 2.60. The molecule has 0 radical (unpaired) electrons. The van der Waals surface area contributed by atoms with E-state index >= 15 is 0 Å². The van der Waals surface area contributed by atoms with E-state index in [1.54, 1.807) is 17.4 Å². The molecule has 0 bridgehead atoms. The lowest BCUT2D eigenvalue weighted by Crippen LogP contribution is -2.08. The highest BCUT2D eigenvalue weighted by Gasteiger charge is 2.11. The maximum absolute atomic E-state index is 12.9. The molecule has 1 atom stereocenters. The monoisotopic (exact) mass is 224 g/mol. The predicted molar refractivity (Wildman–Crippen MR) is 61.4 cm³/mol. The number of nitrogens with zero attached hydrogens (tertiary/aromatic N) is 1. The highest BCUT2D eigenvalue weighted by atomic mass is 32.1. The molecule has 2 N–H and O–H groups in total. The van der Waals surface area contributed by atoms with Gasteiger partial charge >= 0.3 is 0 Å². The molecule has 0 aliphatic rings. The summed E-state index contributed by atoms with van der Waals surface area (Å²) in [6.45, 7) is 2.09. The smallest absolute Gasteiger partial charge is 0.125 e. The third-order valence-corrected chi connectivity index (χ3v) is 3.45. The predicted octanol–water partition coefficient (Wildman–Crippen LogP) is 3.24. The lowest BCUT2D eigenvalue weighted by Gasteiger charge is -2.04. The van der Waals surface area contributed by atoms with Gasteiger partial charge in [-0.2, -0.15) is 0 Å². The second kappa shape index (κ2) is 4.24. The second-order valence-electron chi connectivity index (χ2n) is 3.56. The Morgan fingerprint density at radius 3 is 3.07 bits per heavy atom. The molecule has 15 heavy (non-hydrogen) atoms. The summed E-state index contributed by atoms with van der Waals surface area (Å²) in [6, 6.07) is 4.64. The Morgan fingerprint density at radius 1 is 1.53 bits per heavy atom. The van der Waals surface area contributed by atoms with Crippen molar-refractivity contribution in [1.82, 2.24) is 4.98 Å². The van der Waals surface area contributed by atoms with Gasteiger partial charge in [0.1, 0.15) is 10.8 Å². The first-order valence-corrected chi connectivity index (χ1v) is 5.84. The highest BCUT2D eigenvalue weighted by Crippen LogP contribution is 2.27. The summed E-state index contributed by atoms with van der Waals surface area (Å²) >= 11 is 1.55. The second-order valence-corrected chi connectivity index (χ2v) is 4.62. The van der Waals surface area contributed by atoms with Crippen molar-refractivity contribution in [2.75, 3.05) is 0 Å². The lowest BCUT2D eigenvalue weighted by atomic mass is 10.2. The maximum Gasteiger partial charge on any atom is 0.125 e. The van der Waals surface area contributed by atoms with Crippen molar-refractivity contribution in [3.8, 4) is 0 Å². The van der Waals surface area contributed by atoms with Crippen LogP contribution in [0.25, 0.3) is 10.2 Å². The number of hydrogen-bond acceptors (Lipinski definition) is 3. The normalized spacial score (nSPS) is 13.3. The van der Waals surface area contributed by atoms with Gasteiger partial charge in [0.25, 0.3) is 0 Å². The first kappa shape index (κ1) is 10.5. The summed E-state index contributed by atoms with van der Waals surface area (Å²) in [5, 5.41) is 0.900. The number of hydrogen-bond donors (Lipinski definition) is 1. The van der Waals surface area contributed by atoms with Crippen LogP contribution in [-0.4, -0.2) is 4.98 Å². The Hall–Kier alpha value is -1.00. The van der Waals surface area contributed by atoms with Crippen molar-refractivity contribution in [2.45, 2.75) is 25.8 Å². The third-order valence-electron chi connectivity index (χ3n) is 2.28. The molecule has 2 nitrogen and oxygen atoms in total. The molecule has 2 rings (SSSR count). The standard InChI is InChI=1S/C11H13FN2S/c1-2-3-8(13)11-14-9-6-7(12)4-5-10(9)15-11/h4-6,8H,2-3,13H2,1H3.